The molecule has 6 heteroatoms. The summed E-state index contributed by atoms with van der Waals surface area (Å²) < 4.78 is 46.1. The molecule has 0 aliphatic carbocycles. The summed E-state index contributed by atoms with van der Waals surface area (Å²) in [7, 11) is -3.38. The molecule has 0 aromatic heterocycles. The summed E-state index contributed by atoms with van der Waals surface area (Å²) in [5.74, 6) is -1.38. The van der Waals surface area contributed by atoms with Crippen LogP contribution in [0, 0.1) is 11.6 Å². The Kier molecular flexibility index (Phi) is 6.80. The first kappa shape index (κ1) is 19.7. The number of hydrogen-bond donors (Lipinski definition) is 0. The molecule has 0 N–H and O–H groups in total. The Balaban J connectivity index is 0.00000225. The largest absolute Gasteiger partial charge is 0.317 e. The molecule has 0 aliphatic rings. The Morgan fingerprint density at radius 1 is 0.800 bits per heavy atom. The van der Waals surface area contributed by atoms with Crippen molar-refractivity contribution in [2.24, 2.45) is 0 Å². The van der Waals surface area contributed by atoms with Crippen molar-refractivity contribution >= 4 is 18.0 Å². The topological polar surface area (TPSA) is 26.3 Å². The van der Waals surface area contributed by atoms with Crippen LogP contribution in [0.2, 0.25) is 0 Å². The molecule has 1 radical (unpaired) electrons. The van der Waals surface area contributed by atoms with E-state index in [1.807, 2.05) is 12.1 Å². The Labute approximate surface area is 158 Å². The summed E-state index contributed by atoms with van der Waals surface area (Å²) in [4.78, 5) is 0. The molecule has 2 nitrogen and oxygen atoms in total. The molecule has 3 rings (SSSR count). The van der Waals surface area contributed by atoms with Crippen molar-refractivity contribution in [1.82, 2.24) is 0 Å². The van der Waals surface area contributed by atoms with Crippen molar-refractivity contribution in [3.63, 3.8) is 0 Å². The zero-order chi connectivity index (χ0) is 17.0. The normalized spacial score (nSPS) is 11.0. The molecule has 3 aromatic carbocycles. The third kappa shape index (κ3) is 4.50. The Morgan fingerprint density at radius 3 is 1.80 bits per heavy atom. The molecule has 0 saturated carbocycles. The Bertz CT molecular complexity index is 830. The number of hydrogen-bond acceptors (Lipinski definition) is 2. The van der Waals surface area contributed by atoms with E-state index < -0.39 is 19.0 Å². The van der Waals surface area contributed by atoms with E-state index in [1.54, 1.807) is 48.5 Å². The minimum Gasteiger partial charge on any atom is -0.317 e. The molecule has 25 heavy (non-hydrogen) atoms. The summed E-state index contributed by atoms with van der Waals surface area (Å²) in [6.45, 7) is -0.215. The number of rotatable bonds is 5. The molecule has 0 heterocycles. The van der Waals surface area contributed by atoms with Gasteiger partial charge in [-0.3, -0.25) is 4.57 Å². The smallest absolute Gasteiger partial charge is 0.261 e. The maximum atomic E-state index is 13.8. The van der Waals surface area contributed by atoms with Gasteiger partial charge in [-0.1, -0.05) is 42.5 Å². The van der Waals surface area contributed by atoms with Crippen LogP contribution in [-0.4, -0.2) is 0 Å². The summed E-state index contributed by atoms with van der Waals surface area (Å²) in [5, 5.41) is 1.05. The quantitative estimate of drug-likeness (QED) is 0.452. The van der Waals surface area contributed by atoms with Crippen molar-refractivity contribution < 1.29 is 38.0 Å². The molecule has 0 amide bonds. The maximum Gasteiger partial charge on any atom is 0.261 e. The third-order valence-corrected chi connectivity index (χ3v) is 6.06. The second-order valence-electron chi connectivity index (χ2n) is 5.23. The van der Waals surface area contributed by atoms with Gasteiger partial charge in [-0.25, -0.2) is 8.78 Å². The molecule has 0 bridgehead atoms. The van der Waals surface area contributed by atoms with Gasteiger partial charge in [0, 0.05) is 42.3 Å². The summed E-state index contributed by atoms with van der Waals surface area (Å²) >= 11 is 0. The minimum atomic E-state index is -3.38. The van der Waals surface area contributed by atoms with Crippen LogP contribution in [0.5, 0.6) is 0 Å². The minimum absolute atomic E-state index is 0. The Hall–Kier alpha value is -1.64. The molecule has 0 spiro atoms. The molecule has 3 aromatic rings. The average Bonchev–Trinajstić information content (AvgIpc) is 2.62. The predicted molar refractivity (Wildman–Crippen MR) is 90.9 cm³/mol. The van der Waals surface area contributed by atoms with Gasteiger partial charge in [-0.2, -0.15) is 0 Å². The van der Waals surface area contributed by atoms with Crippen molar-refractivity contribution in [1.29, 1.82) is 0 Å². The van der Waals surface area contributed by atoms with E-state index in [0.29, 0.717) is 10.6 Å². The number of benzene rings is 3. The van der Waals surface area contributed by atoms with E-state index >= 15 is 0 Å². The van der Waals surface area contributed by atoms with Crippen LogP contribution in [0.4, 0.5) is 8.78 Å². The predicted octanol–water partition coefficient (Wildman–Crippen LogP) is 4.41. The van der Waals surface area contributed by atoms with Gasteiger partial charge in [0.05, 0.1) is 6.61 Å². The van der Waals surface area contributed by atoms with E-state index in [4.69, 9.17) is 4.52 Å². The van der Waals surface area contributed by atoms with Crippen LogP contribution in [-0.2, 0) is 35.8 Å². The molecule has 0 saturated heterocycles. The first-order valence-corrected chi connectivity index (χ1v) is 9.02. The SMILES string of the molecule is O=P(OCc1ccc(F)cc1F)(c1ccccc1)c1ccccc1.[Ir]. The monoisotopic (exact) mass is 537 g/mol. The molecule has 0 aliphatic heterocycles. The van der Waals surface area contributed by atoms with E-state index in [1.165, 1.54) is 6.07 Å². The van der Waals surface area contributed by atoms with E-state index in [0.717, 1.165) is 12.1 Å². The molecule has 0 fully saturated rings. The van der Waals surface area contributed by atoms with E-state index in [2.05, 4.69) is 0 Å². The van der Waals surface area contributed by atoms with Crippen LogP contribution in [0.15, 0.2) is 78.9 Å². The standard InChI is InChI=1S/C19H15F2O2P.Ir/c20-16-12-11-15(19(21)13-16)14-23-24(22,17-7-3-1-4-8-17)18-9-5-2-6-10-18;/h1-13H,14H2;. The van der Waals surface area contributed by atoms with Gasteiger partial charge < -0.3 is 4.52 Å². The maximum absolute atomic E-state index is 13.8. The van der Waals surface area contributed by atoms with Crippen LogP contribution in [0.3, 0.4) is 0 Å². The van der Waals surface area contributed by atoms with Gasteiger partial charge in [0.15, 0.2) is 0 Å². The van der Waals surface area contributed by atoms with Gasteiger partial charge in [0.2, 0.25) is 0 Å². The first-order valence-electron chi connectivity index (χ1n) is 7.39. The second-order valence-corrected chi connectivity index (χ2v) is 7.63. The van der Waals surface area contributed by atoms with Crippen molar-refractivity contribution in [2.45, 2.75) is 6.61 Å². The van der Waals surface area contributed by atoms with Crippen LogP contribution >= 0.6 is 7.37 Å². The number of halogens is 2. The van der Waals surface area contributed by atoms with Gasteiger partial charge in [-0.15, -0.1) is 0 Å². The second kappa shape index (κ2) is 8.64. The summed E-state index contributed by atoms with van der Waals surface area (Å²) in [6.07, 6.45) is 0. The third-order valence-electron chi connectivity index (χ3n) is 3.61. The summed E-state index contributed by atoms with van der Waals surface area (Å²) in [5.41, 5.74) is 0.156. The van der Waals surface area contributed by atoms with Crippen LogP contribution in [0.25, 0.3) is 0 Å². The van der Waals surface area contributed by atoms with E-state index in [9.17, 15) is 13.3 Å². The summed E-state index contributed by atoms with van der Waals surface area (Å²) in [6, 6.07) is 20.8. The van der Waals surface area contributed by atoms with Gasteiger partial charge in [0.25, 0.3) is 7.37 Å². The molecular formula is C19H15F2IrO2P. The van der Waals surface area contributed by atoms with Gasteiger partial charge in [-0.05, 0) is 30.3 Å². The van der Waals surface area contributed by atoms with Gasteiger partial charge >= 0.3 is 0 Å². The van der Waals surface area contributed by atoms with Crippen LogP contribution in [0.1, 0.15) is 5.56 Å². The zero-order valence-corrected chi connectivity index (χ0v) is 16.4. The fourth-order valence-electron chi connectivity index (χ4n) is 2.35. The fourth-order valence-corrected chi connectivity index (χ4v) is 4.39. The first-order chi connectivity index (χ1) is 11.6. The fraction of sp³-hybridized carbons (Fsp3) is 0.0526. The Morgan fingerprint density at radius 2 is 1.32 bits per heavy atom. The van der Waals surface area contributed by atoms with Gasteiger partial charge in [0.1, 0.15) is 11.6 Å². The molecule has 0 unspecified atom stereocenters. The van der Waals surface area contributed by atoms with Crippen molar-refractivity contribution in [3.05, 3.63) is 96.1 Å². The van der Waals surface area contributed by atoms with Crippen molar-refractivity contribution in [3.8, 4) is 0 Å². The zero-order valence-electron chi connectivity index (χ0n) is 13.1. The molecular weight excluding hydrogens is 521 g/mol. The molecule has 0 atom stereocenters. The average molecular weight is 537 g/mol. The molecule has 131 valence electrons. The van der Waals surface area contributed by atoms with E-state index in [-0.39, 0.29) is 32.3 Å². The van der Waals surface area contributed by atoms with Crippen molar-refractivity contribution in [2.75, 3.05) is 0 Å². The van der Waals surface area contributed by atoms with Crippen LogP contribution < -0.4 is 10.6 Å².